The van der Waals surface area contributed by atoms with Gasteiger partial charge in [-0.2, -0.15) is 0 Å². The van der Waals surface area contributed by atoms with Crippen molar-refractivity contribution < 1.29 is 13.2 Å². The SMILES string of the molecule is O=C1Cc2cc(S(=O)(=O)NC=Cc3ccccc3)ccc2N1. The molecule has 2 aromatic rings. The first-order chi connectivity index (χ1) is 10.5. The molecule has 3 rings (SSSR count). The van der Waals surface area contributed by atoms with Gasteiger partial charge in [-0.05, 0) is 35.4 Å². The van der Waals surface area contributed by atoms with E-state index in [1.54, 1.807) is 12.1 Å². The van der Waals surface area contributed by atoms with Crippen molar-refractivity contribution in [3.8, 4) is 0 Å². The number of anilines is 1. The van der Waals surface area contributed by atoms with Crippen molar-refractivity contribution in [1.82, 2.24) is 4.72 Å². The molecule has 0 bridgehead atoms. The number of amides is 1. The molecule has 22 heavy (non-hydrogen) atoms. The number of rotatable bonds is 4. The molecule has 0 fully saturated rings. The summed E-state index contributed by atoms with van der Waals surface area (Å²) in [5, 5.41) is 2.67. The molecule has 0 aliphatic carbocycles. The topological polar surface area (TPSA) is 75.3 Å². The van der Waals surface area contributed by atoms with Crippen LogP contribution in [0.25, 0.3) is 6.08 Å². The van der Waals surface area contributed by atoms with E-state index in [0.29, 0.717) is 11.3 Å². The molecular formula is C16H14N2O3S. The Morgan fingerprint density at radius 3 is 2.64 bits per heavy atom. The van der Waals surface area contributed by atoms with E-state index in [-0.39, 0.29) is 17.2 Å². The fourth-order valence-corrected chi connectivity index (χ4v) is 3.15. The zero-order valence-electron chi connectivity index (χ0n) is 11.6. The van der Waals surface area contributed by atoms with Crippen molar-refractivity contribution in [2.45, 2.75) is 11.3 Å². The third kappa shape index (κ3) is 3.01. The highest BCUT2D eigenvalue weighted by Gasteiger charge is 2.21. The van der Waals surface area contributed by atoms with Gasteiger partial charge in [0.2, 0.25) is 5.91 Å². The van der Waals surface area contributed by atoms with Crippen LogP contribution in [-0.4, -0.2) is 14.3 Å². The Morgan fingerprint density at radius 2 is 1.86 bits per heavy atom. The van der Waals surface area contributed by atoms with Gasteiger partial charge in [0.1, 0.15) is 0 Å². The van der Waals surface area contributed by atoms with Gasteiger partial charge in [-0.15, -0.1) is 0 Å². The van der Waals surface area contributed by atoms with Crippen LogP contribution >= 0.6 is 0 Å². The summed E-state index contributed by atoms with van der Waals surface area (Å²) in [5.74, 6) is -0.124. The third-order valence-electron chi connectivity index (χ3n) is 3.31. The molecule has 1 aliphatic rings. The molecule has 2 N–H and O–H groups in total. The summed E-state index contributed by atoms with van der Waals surface area (Å²) in [4.78, 5) is 11.4. The van der Waals surface area contributed by atoms with Gasteiger partial charge in [-0.25, -0.2) is 8.42 Å². The first kappa shape index (κ1) is 14.3. The van der Waals surface area contributed by atoms with Gasteiger partial charge in [0, 0.05) is 11.9 Å². The highest BCUT2D eigenvalue weighted by molar-refractivity contribution is 7.89. The van der Waals surface area contributed by atoms with Crippen LogP contribution < -0.4 is 10.0 Å². The number of nitrogens with one attached hydrogen (secondary N) is 2. The van der Waals surface area contributed by atoms with Crippen molar-refractivity contribution in [2.24, 2.45) is 0 Å². The summed E-state index contributed by atoms with van der Waals surface area (Å²) in [6.45, 7) is 0. The summed E-state index contributed by atoms with van der Waals surface area (Å²) in [5.41, 5.74) is 2.26. The minimum Gasteiger partial charge on any atom is -0.326 e. The predicted octanol–water partition coefficient (Wildman–Crippen LogP) is 2.13. The van der Waals surface area contributed by atoms with Gasteiger partial charge in [-0.3, -0.25) is 9.52 Å². The van der Waals surface area contributed by atoms with Crippen LogP contribution in [0.5, 0.6) is 0 Å². The lowest BCUT2D eigenvalue weighted by atomic mass is 10.2. The third-order valence-corrected chi connectivity index (χ3v) is 4.63. The molecule has 2 aromatic carbocycles. The first-order valence-electron chi connectivity index (χ1n) is 6.71. The van der Waals surface area contributed by atoms with Gasteiger partial charge in [0.25, 0.3) is 10.0 Å². The second kappa shape index (κ2) is 5.65. The lowest BCUT2D eigenvalue weighted by Gasteiger charge is -2.06. The molecule has 0 unspecified atom stereocenters. The van der Waals surface area contributed by atoms with Crippen molar-refractivity contribution >= 4 is 27.7 Å². The summed E-state index contributed by atoms with van der Waals surface area (Å²) in [7, 11) is -3.65. The van der Waals surface area contributed by atoms with E-state index in [1.807, 2.05) is 30.3 Å². The van der Waals surface area contributed by atoms with Crippen LogP contribution in [0.4, 0.5) is 5.69 Å². The minimum atomic E-state index is -3.65. The summed E-state index contributed by atoms with van der Waals surface area (Å²) in [6, 6.07) is 14.0. The van der Waals surface area contributed by atoms with E-state index in [0.717, 1.165) is 5.56 Å². The van der Waals surface area contributed by atoms with Gasteiger partial charge in [0.05, 0.1) is 11.3 Å². The standard InChI is InChI=1S/C16H14N2O3S/c19-16-11-13-10-14(6-7-15(13)18-16)22(20,21)17-9-8-12-4-2-1-3-5-12/h1-10,17H,11H2,(H,18,19). The number of fused-ring (bicyclic) bond motifs is 1. The van der Waals surface area contributed by atoms with Gasteiger partial charge < -0.3 is 5.32 Å². The maximum atomic E-state index is 12.2. The number of hydrogen-bond acceptors (Lipinski definition) is 3. The maximum absolute atomic E-state index is 12.2. The molecule has 0 radical (unpaired) electrons. The quantitative estimate of drug-likeness (QED) is 0.908. The Balaban J connectivity index is 1.78. The molecule has 5 nitrogen and oxygen atoms in total. The molecule has 1 aliphatic heterocycles. The average molecular weight is 314 g/mol. The van der Waals surface area contributed by atoms with E-state index in [4.69, 9.17) is 0 Å². The fraction of sp³-hybridized carbons (Fsp3) is 0.0625. The van der Waals surface area contributed by atoms with Crippen molar-refractivity contribution in [3.63, 3.8) is 0 Å². The second-order valence-electron chi connectivity index (χ2n) is 4.91. The zero-order chi connectivity index (χ0) is 15.6. The lowest BCUT2D eigenvalue weighted by Crippen LogP contribution is -2.17. The van der Waals surface area contributed by atoms with Crippen LogP contribution in [-0.2, 0) is 21.2 Å². The van der Waals surface area contributed by atoms with Crippen LogP contribution in [0.3, 0.4) is 0 Å². The van der Waals surface area contributed by atoms with E-state index < -0.39 is 10.0 Å². The fourth-order valence-electron chi connectivity index (χ4n) is 2.22. The van der Waals surface area contributed by atoms with Crippen LogP contribution in [0, 0.1) is 0 Å². The summed E-state index contributed by atoms with van der Waals surface area (Å²) < 4.78 is 26.9. The molecule has 1 heterocycles. The molecular weight excluding hydrogens is 300 g/mol. The smallest absolute Gasteiger partial charge is 0.261 e. The summed E-state index contributed by atoms with van der Waals surface area (Å²) in [6.07, 6.45) is 3.27. The van der Waals surface area contributed by atoms with Crippen LogP contribution in [0.1, 0.15) is 11.1 Å². The first-order valence-corrected chi connectivity index (χ1v) is 8.20. The number of hydrogen-bond donors (Lipinski definition) is 2. The maximum Gasteiger partial charge on any atom is 0.261 e. The number of benzene rings is 2. The van der Waals surface area contributed by atoms with Gasteiger partial charge in [-0.1, -0.05) is 30.3 Å². The molecule has 112 valence electrons. The zero-order valence-corrected chi connectivity index (χ0v) is 12.4. The Labute approximate surface area is 128 Å². The second-order valence-corrected chi connectivity index (χ2v) is 6.62. The van der Waals surface area contributed by atoms with Crippen molar-refractivity contribution in [2.75, 3.05) is 5.32 Å². The van der Waals surface area contributed by atoms with E-state index in [1.165, 1.54) is 18.3 Å². The Hall–Kier alpha value is -2.60. The molecule has 0 aromatic heterocycles. The molecule has 6 heteroatoms. The molecule has 1 amide bonds. The minimum absolute atomic E-state index is 0.124. The largest absolute Gasteiger partial charge is 0.326 e. The predicted molar refractivity (Wildman–Crippen MR) is 84.6 cm³/mol. The number of carbonyl (C=O) groups excluding carboxylic acids is 1. The average Bonchev–Trinajstić information content (AvgIpc) is 2.87. The van der Waals surface area contributed by atoms with E-state index >= 15 is 0 Å². The van der Waals surface area contributed by atoms with Crippen molar-refractivity contribution in [1.29, 1.82) is 0 Å². The Kier molecular flexibility index (Phi) is 3.68. The monoisotopic (exact) mass is 314 g/mol. The van der Waals surface area contributed by atoms with Crippen molar-refractivity contribution in [3.05, 3.63) is 65.9 Å². The molecule has 0 spiro atoms. The molecule has 0 atom stereocenters. The highest BCUT2D eigenvalue weighted by Crippen LogP contribution is 2.25. The summed E-state index contributed by atoms with van der Waals surface area (Å²) >= 11 is 0. The Morgan fingerprint density at radius 1 is 1.09 bits per heavy atom. The van der Waals surface area contributed by atoms with E-state index in [9.17, 15) is 13.2 Å². The lowest BCUT2D eigenvalue weighted by molar-refractivity contribution is -0.115. The van der Waals surface area contributed by atoms with Gasteiger partial charge >= 0.3 is 0 Å². The van der Waals surface area contributed by atoms with Crippen LogP contribution in [0.15, 0.2) is 59.6 Å². The van der Waals surface area contributed by atoms with E-state index in [2.05, 4.69) is 10.0 Å². The Bertz CT molecular complexity index is 843. The normalized spacial score (nSPS) is 13.9. The molecule has 0 saturated heterocycles. The highest BCUT2D eigenvalue weighted by atomic mass is 32.2. The number of sulfonamides is 1. The van der Waals surface area contributed by atoms with Crippen LogP contribution in [0.2, 0.25) is 0 Å². The molecule has 0 saturated carbocycles. The number of carbonyl (C=O) groups is 1. The van der Waals surface area contributed by atoms with Gasteiger partial charge in [0.15, 0.2) is 0 Å².